The summed E-state index contributed by atoms with van der Waals surface area (Å²) in [6, 6.07) is 0.659. The molecule has 0 saturated heterocycles. The minimum Gasteiger partial charge on any atom is -0.251 e. The van der Waals surface area contributed by atoms with E-state index in [1.165, 1.54) is 11.5 Å². The van der Waals surface area contributed by atoms with Gasteiger partial charge in [-0.1, -0.05) is 11.9 Å². The Bertz CT molecular complexity index is 76.0. The highest BCUT2D eigenvalue weighted by Crippen LogP contribution is 2.11. The standard InChI is InChI=1S/C7H17NS2/c1-7(2)8(3)10-6-5-9-4/h7H,5-6H2,1-4H3. The Hall–Kier alpha value is 0.660. The van der Waals surface area contributed by atoms with Crippen LogP contribution < -0.4 is 0 Å². The summed E-state index contributed by atoms with van der Waals surface area (Å²) in [5, 5.41) is 0. The first-order valence-electron chi connectivity index (χ1n) is 3.53. The van der Waals surface area contributed by atoms with Crippen LogP contribution in [0.3, 0.4) is 0 Å². The van der Waals surface area contributed by atoms with Crippen molar-refractivity contribution in [1.82, 2.24) is 4.31 Å². The Labute approximate surface area is 73.1 Å². The number of hydrogen-bond donors (Lipinski definition) is 0. The van der Waals surface area contributed by atoms with Crippen molar-refractivity contribution in [3.05, 3.63) is 0 Å². The predicted molar refractivity (Wildman–Crippen MR) is 53.7 cm³/mol. The Morgan fingerprint density at radius 2 is 1.90 bits per heavy atom. The Morgan fingerprint density at radius 1 is 1.30 bits per heavy atom. The monoisotopic (exact) mass is 179 g/mol. The summed E-state index contributed by atoms with van der Waals surface area (Å²) >= 11 is 3.83. The van der Waals surface area contributed by atoms with E-state index in [1.807, 2.05) is 23.7 Å². The van der Waals surface area contributed by atoms with Crippen LogP contribution >= 0.6 is 23.7 Å². The van der Waals surface area contributed by atoms with Gasteiger partial charge in [0.1, 0.15) is 0 Å². The molecule has 1 nitrogen and oxygen atoms in total. The minimum absolute atomic E-state index is 0.659. The van der Waals surface area contributed by atoms with Crippen LogP contribution in [0.1, 0.15) is 13.8 Å². The van der Waals surface area contributed by atoms with Crippen LogP contribution in [0, 0.1) is 0 Å². The van der Waals surface area contributed by atoms with Crippen molar-refractivity contribution in [3.8, 4) is 0 Å². The molecule has 0 heterocycles. The molecule has 0 aromatic carbocycles. The van der Waals surface area contributed by atoms with Crippen molar-refractivity contribution in [2.24, 2.45) is 0 Å². The first kappa shape index (κ1) is 10.7. The van der Waals surface area contributed by atoms with Gasteiger partial charge in [-0.25, -0.2) is 0 Å². The molecule has 0 bridgehead atoms. The largest absolute Gasteiger partial charge is 0.251 e. The molecule has 0 amide bonds. The van der Waals surface area contributed by atoms with Crippen LogP contribution in [0.25, 0.3) is 0 Å². The highest BCUT2D eigenvalue weighted by Gasteiger charge is 2.01. The molecule has 0 fully saturated rings. The van der Waals surface area contributed by atoms with Crippen LogP contribution in [0.2, 0.25) is 0 Å². The second-order valence-electron chi connectivity index (χ2n) is 2.47. The topological polar surface area (TPSA) is 3.24 Å². The number of nitrogens with zero attached hydrogens (tertiary/aromatic N) is 1. The summed E-state index contributed by atoms with van der Waals surface area (Å²) in [6.45, 7) is 4.43. The van der Waals surface area contributed by atoms with E-state index in [0.717, 1.165) is 0 Å². The molecule has 0 spiro atoms. The molecule has 10 heavy (non-hydrogen) atoms. The molecule has 0 N–H and O–H groups in total. The van der Waals surface area contributed by atoms with Crippen LogP contribution in [-0.4, -0.2) is 35.2 Å². The zero-order valence-electron chi connectivity index (χ0n) is 7.26. The normalized spacial score (nSPS) is 11.4. The van der Waals surface area contributed by atoms with E-state index in [1.54, 1.807) is 0 Å². The van der Waals surface area contributed by atoms with Gasteiger partial charge in [0, 0.05) is 17.5 Å². The lowest BCUT2D eigenvalue weighted by Crippen LogP contribution is -2.19. The fourth-order valence-corrected chi connectivity index (χ4v) is 1.96. The van der Waals surface area contributed by atoms with Gasteiger partial charge in [-0.3, -0.25) is 4.31 Å². The molecule has 3 heteroatoms. The highest BCUT2D eigenvalue weighted by molar-refractivity contribution is 8.01. The summed E-state index contributed by atoms with van der Waals surface area (Å²) in [5.74, 6) is 2.48. The molecule has 0 radical (unpaired) electrons. The third-order valence-corrected chi connectivity index (χ3v) is 3.40. The van der Waals surface area contributed by atoms with Gasteiger partial charge in [-0.05, 0) is 27.2 Å². The van der Waals surface area contributed by atoms with Gasteiger partial charge in [0.2, 0.25) is 0 Å². The van der Waals surface area contributed by atoms with Crippen LogP contribution in [0.5, 0.6) is 0 Å². The quantitative estimate of drug-likeness (QED) is 0.471. The van der Waals surface area contributed by atoms with Crippen molar-refractivity contribution >= 4 is 23.7 Å². The van der Waals surface area contributed by atoms with Gasteiger partial charge in [0.05, 0.1) is 0 Å². The fourth-order valence-electron chi connectivity index (χ4n) is 0.414. The Kier molecular flexibility index (Phi) is 6.80. The molecule has 0 aromatic heterocycles. The van der Waals surface area contributed by atoms with E-state index in [4.69, 9.17) is 0 Å². The molecule has 0 aromatic rings. The molecule has 0 aliphatic rings. The van der Waals surface area contributed by atoms with E-state index in [9.17, 15) is 0 Å². The SMILES string of the molecule is CSCCSN(C)C(C)C. The van der Waals surface area contributed by atoms with Gasteiger partial charge in [0.25, 0.3) is 0 Å². The van der Waals surface area contributed by atoms with Crippen molar-refractivity contribution < 1.29 is 0 Å². The first-order chi connectivity index (χ1) is 4.68. The molecular formula is C7H17NS2. The fraction of sp³-hybridized carbons (Fsp3) is 1.00. The van der Waals surface area contributed by atoms with E-state index in [0.29, 0.717) is 6.04 Å². The van der Waals surface area contributed by atoms with Crippen LogP contribution in [0.15, 0.2) is 0 Å². The maximum Gasteiger partial charge on any atom is 0.0172 e. The van der Waals surface area contributed by atoms with E-state index >= 15 is 0 Å². The third-order valence-electron chi connectivity index (χ3n) is 1.31. The molecule has 0 atom stereocenters. The summed E-state index contributed by atoms with van der Waals surface area (Å²) in [7, 11) is 2.15. The molecule has 0 unspecified atom stereocenters. The van der Waals surface area contributed by atoms with E-state index in [2.05, 4.69) is 31.5 Å². The highest BCUT2D eigenvalue weighted by atomic mass is 32.2. The number of rotatable bonds is 5. The molecule has 0 saturated carbocycles. The molecular weight excluding hydrogens is 162 g/mol. The van der Waals surface area contributed by atoms with E-state index in [-0.39, 0.29) is 0 Å². The Morgan fingerprint density at radius 3 is 2.30 bits per heavy atom. The summed E-state index contributed by atoms with van der Waals surface area (Å²) in [5.41, 5.74) is 0. The number of hydrogen-bond acceptors (Lipinski definition) is 3. The van der Waals surface area contributed by atoms with Crippen molar-refractivity contribution in [2.75, 3.05) is 24.8 Å². The lowest BCUT2D eigenvalue weighted by molar-refractivity contribution is 0.469. The molecule has 0 rings (SSSR count). The van der Waals surface area contributed by atoms with Gasteiger partial charge >= 0.3 is 0 Å². The average molecular weight is 179 g/mol. The first-order valence-corrected chi connectivity index (χ1v) is 5.86. The maximum atomic E-state index is 2.30. The zero-order valence-corrected chi connectivity index (χ0v) is 8.89. The van der Waals surface area contributed by atoms with Gasteiger partial charge in [0.15, 0.2) is 0 Å². The molecule has 0 aliphatic carbocycles. The smallest absolute Gasteiger partial charge is 0.0172 e. The molecule has 62 valence electrons. The third kappa shape index (κ3) is 5.45. The van der Waals surface area contributed by atoms with Gasteiger partial charge in [-0.15, -0.1) is 0 Å². The van der Waals surface area contributed by atoms with Gasteiger partial charge in [-0.2, -0.15) is 11.8 Å². The van der Waals surface area contributed by atoms with Crippen LogP contribution in [0.4, 0.5) is 0 Å². The zero-order chi connectivity index (χ0) is 7.98. The van der Waals surface area contributed by atoms with E-state index < -0.39 is 0 Å². The lowest BCUT2D eigenvalue weighted by Gasteiger charge is -2.18. The van der Waals surface area contributed by atoms with Crippen LogP contribution in [-0.2, 0) is 0 Å². The van der Waals surface area contributed by atoms with Crippen molar-refractivity contribution in [2.45, 2.75) is 19.9 Å². The minimum atomic E-state index is 0.659. The maximum absolute atomic E-state index is 2.30. The Balaban J connectivity index is 3.13. The average Bonchev–Trinajstić information content (AvgIpc) is 1.88. The van der Waals surface area contributed by atoms with Gasteiger partial charge < -0.3 is 0 Å². The summed E-state index contributed by atoms with van der Waals surface area (Å²) in [6.07, 6.45) is 2.15. The van der Waals surface area contributed by atoms with Crippen molar-refractivity contribution in [3.63, 3.8) is 0 Å². The predicted octanol–water partition coefficient (Wildman–Crippen LogP) is 2.34. The second kappa shape index (κ2) is 6.38. The lowest BCUT2D eigenvalue weighted by atomic mass is 10.4. The molecule has 0 aliphatic heterocycles. The van der Waals surface area contributed by atoms with Crippen molar-refractivity contribution in [1.29, 1.82) is 0 Å². The summed E-state index contributed by atoms with van der Waals surface area (Å²) in [4.78, 5) is 0. The second-order valence-corrected chi connectivity index (χ2v) is 4.69. The number of thioether (sulfide) groups is 1. The summed E-state index contributed by atoms with van der Waals surface area (Å²) < 4.78 is 2.30.